The third-order valence-electron chi connectivity index (χ3n) is 1.57. The molecule has 1 aliphatic carbocycles. The van der Waals surface area contributed by atoms with E-state index >= 15 is 0 Å². The van der Waals surface area contributed by atoms with Crippen LogP contribution in [0.5, 0.6) is 0 Å². The van der Waals surface area contributed by atoms with Gasteiger partial charge in [0.05, 0.1) is 0 Å². The average Bonchev–Trinajstić information content (AvgIpc) is 2.40. The molecule has 4 nitrogen and oxygen atoms in total. The molecule has 0 saturated heterocycles. The van der Waals surface area contributed by atoms with Crippen molar-refractivity contribution in [3.05, 3.63) is 0 Å². The molecule has 4 heteroatoms. The Bertz CT molecular complexity index is 152. The fourth-order valence-corrected chi connectivity index (χ4v) is 0.644. The van der Waals surface area contributed by atoms with Crippen LogP contribution in [-0.2, 0) is 9.59 Å². The number of carboxylic acid groups (broad SMARTS) is 2. The molecule has 0 heterocycles. The number of carbonyl (C=O) groups is 2. The zero-order valence-electron chi connectivity index (χ0n) is 4.63. The van der Waals surface area contributed by atoms with Gasteiger partial charge in [0.25, 0.3) is 0 Å². The van der Waals surface area contributed by atoms with Gasteiger partial charge < -0.3 is 10.2 Å². The van der Waals surface area contributed by atoms with Crippen LogP contribution in [0.25, 0.3) is 0 Å². The summed E-state index contributed by atoms with van der Waals surface area (Å²) in [6, 6.07) is 0. The molecule has 1 fully saturated rings. The highest BCUT2D eigenvalue weighted by Gasteiger charge is 2.57. The fourth-order valence-electron chi connectivity index (χ4n) is 0.644. The summed E-state index contributed by atoms with van der Waals surface area (Å²) in [5.41, 5.74) is -1.42. The summed E-state index contributed by atoms with van der Waals surface area (Å²) in [6.07, 6.45) is 0.551. The molecular formula is C5H6O4. The lowest BCUT2D eigenvalue weighted by Gasteiger charge is -1.99. The molecule has 1 rings (SSSR count). The minimum absolute atomic E-state index is 0.275. The molecule has 9 heavy (non-hydrogen) atoms. The lowest BCUT2D eigenvalue weighted by molar-refractivity contribution is -0.156. The zero-order valence-corrected chi connectivity index (χ0v) is 4.63. The SMILES string of the molecule is O=C(O)[13C]1(C(=O)O)CC1. The first-order valence-electron chi connectivity index (χ1n) is 2.56. The molecule has 0 aliphatic heterocycles. The van der Waals surface area contributed by atoms with E-state index in [2.05, 4.69) is 0 Å². The van der Waals surface area contributed by atoms with E-state index in [9.17, 15) is 9.59 Å². The van der Waals surface area contributed by atoms with E-state index in [1.54, 1.807) is 0 Å². The molecule has 1 saturated carbocycles. The third kappa shape index (κ3) is 0.667. The van der Waals surface area contributed by atoms with Crippen LogP contribution in [0, 0.1) is 5.41 Å². The molecule has 0 aromatic heterocycles. The third-order valence-corrected chi connectivity index (χ3v) is 1.57. The maximum atomic E-state index is 10.1. The highest BCUT2D eigenvalue weighted by molar-refractivity contribution is 6.01. The van der Waals surface area contributed by atoms with E-state index in [0.29, 0.717) is 0 Å². The van der Waals surface area contributed by atoms with Crippen molar-refractivity contribution in [3.8, 4) is 0 Å². The van der Waals surface area contributed by atoms with Gasteiger partial charge in [-0.2, -0.15) is 0 Å². The van der Waals surface area contributed by atoms with Gasteiger partial charge in [-0.3, -0.25) is 9.59 Å². The van der Waals surface area contributed by atoms with E-state index in [-0.39, 0.29) is 12.8 Å². The summed E-state index contributed by atoms with van der Waals surface area (Å²) in [5, 5.41) is 16.6. The smallest absolute Gasteiger partial charge is 0.321 e. The second-order valence-corrected chi connectivity index (χ2v) is 2.19. The topological polar surface area (TPSA) is 74.6 Å². The van der Waals surface area contributed by atoms with Crippen molar-refractivity contribution in [3.63, 3.8) is 0 Å². The van der Waals surface area contributed by atoms with Crippen molar-refractivity contribution < 1.29 is 19.8 Å². The molecular weight excluding hydrogens is 125 g/mol. The van der Waals surface area contributed by atoms with Gasteiger partial charge in [-0.1, -0.05) is 0 Å². The second-order valence-electron chi connectivity index (χ2n) is 2.19. The molecule has 0 aromatic rings. The Labute approximate surface area is 51.1 Å². The highest BCUT2D eigenvalue weighted by atomic mass is 16.4. The van der Waals surface area contributed by atoms with E-state index in [0.717, 1.165) is 0 Å². The van der Waals surface area contributed by atoms with E-state index in [1.807, 2.05) is 0 Å². The van der Waals surface area contributed by atoms with E-state index < -0.39 is 17.4 Å². The minimum Gasteiger partial charge on any atom is -0.480 e. The summed E-state index contributed by atoms with van der Waals surface area (Å²) in [6.45, 7) is 0. The molecule has 1 aliphatic rings. The Morgan fingerprint density at radius 2 is 1.44 bits per heavy atom. The summed E-state index contributed by atoms with van der Waals surface area (Å²) >= 11 is 0. The predicted octanol–water partition coefficient (Wildman–Crippen LogP) is -0.0642. The van der Waals surface area contributed by atoms with Crippen LogP contribution in [0.4, 0.5) is 0 Å². The van der Waals surface area contributed by atoms with Crippen LogP contribution < -0.4 is 0 Å². The van der Waals surface area contributed by atoms with Gasteiger partial charge >= 0.3 is 11.9 Å². The van der Waals surface area contributed by atoms with Crippen LogP contribution in [0.2, 0.25) is 0 Å². The van der Waals surface area contributed by atoms with E-state index in [1.165, 1.54) is 0 Å². The van der Waals surface area contributed by atoms with Gasteiger partial charge in [0.1, 0.15) is 0 Å². The lowest BCUT2D eigenvalue weighted by Crippen LogP contribution is -2.24. The first kappa shape index (κ1) is 6.07. The van der Waals surface area contributed by atoms with Crippen molar-refractivity contribution in [1.82, 2.24) is 0 Å². The first-order valence-corrected chi connectivity index (χ1v) is 2.56. The molecule has 0 bridgehead atoms. The Balaban J connectivity index is 2.75. The fraction of sp³-hybridized carbons (Fsp3) is 0.600. The summed E-state index contributed by atoms with van der Waals surface area (Å²) in [4.78, 5) is 20.3. The maximum absolute atomic E-state index is 10.1. The van der Waals surface area contributed by atoms with Gasteiger partial charge in [-0.05, 0) is 12.8 Å². The van der Waals surface area contributed by atoms with Crippen LogP contribution in [0.1, 0.15) is 12.8 Å². The number of hydrogen-bond donors (Lipinski definition) is 2. The van der Waals surface area contributed by atoms with Gasteiger partial charge in [0.2, 0.25) is 0 Å². The van der Waals surface area contributed by atoms with Crippen LogP contribution in [0.15, 0.2) is 0 Å². The van der Waals surface area contributed by atoms with Crippen LogP contribution >= 0.6 is 0 Å². The first-order chi connectivity index (χ1) is 4.09. The number of carboxylic acids is 2. The average molecular weight is 131 g/mol. The minimum atomic E-state index is -1.42. The lowest BCUT2D eigenvalue weighted by atomic mass is 10.5. The van der Waals surface area contributed by atoms with E-state index in [4.69, 9.17) is 10.2 Å². The molecule has 2 N–H and O–H groups in total. The Morgan fingerprint density at radius 1 is 1.11 bits per heavy atom. The summed E-state index contributed by atoms with van der Waals surface area (Å²) in [7, 11) is 0. The molecule has 0 unspecified atom stereocenters. The van der Waals surface area contributed by atoms with Crippen molar-refractivity contribution in [1.29, 1.82) is 0 Å². The van der Waals surface area contributed by atoms with Gasteiger partial charge in [-0.25, -0.2) is 0 Å². The summed E-state index contributed by atoms with van der Waals surface area (Å²) in [5.74, 6) is -2.43. The number of hydrogen-bond acceptors (Lipinski definition) is 2. The van der Waals surface area contributed by atoms with Gasteiger partial charge in [0, 0.05) is 0 Å². The van der Waals surface area contributed by atoms with Crippen molar-refractivity contribution >= 4 is 11.9 Å². The molecule has 0 amide bonds. The predicted molar refractivity (Wildman–Crippen MR) is 26.9 cm³/mol. The highest BCUT2D eigenvalue weighted by Crippen LogP contribution is 2.45. The molecule has 0 spiro atoms. The Hall–Kier alpha value is -1.06. The normalized spacial score (nSPS) is 20.9. The van der Waals surface area contributed by atoms with Gasteiger partial charge in [0.15, 0.2) is 5.41 Å². The Kier molecular flexibility index (Phi) is 0.986. The molecule has 50 valence electrons. The number of aliphatic carboxylic acids is 2. The van der Waals surface area contributed by atoms with Crippen LogP contribution in [0.3, 0.4) is 0 Å². The molecule has 0 atom stereocenters. The largest absolute Gasteiger partial charge is 0.480 e. The van der Waals surface area contributed by atoms with Crippen molar-refractivity contribution in [2.24, 2.45) is 5.41 Å². The standard InChI is InChI=1S/C5H6O4/c6-3(7)5(1-2-5)4(8)9/h1-2H2,(H,6,7)(H,8,9)/i5+1. The summed E-state index contributed by atoms with van der Waals surface area (Å²) < 4.78 is 0. The molecule has 0 radical (unpaired) electrons. The van der Waals surface area contributed by atoms with Crippen LogP contribution in [-0.4, -0.2) is 22.2 Å². The maximum Gasteiger partial charge on any atom is 0.321 e. The van der Waals surface area contributed by atoms with Crippen molar-refractivity contribution in [2.45, 2.75) is 12.8 Å². The van der Waals surface area contributed by atoms with Crippen molar-refractivity contribution in [2.75, 3.05) is 0 Å². The Morgan fingerprint density at radius 3 is 1.44 bits per heavy atom. The van der Waals surface area contributed by atoms with Gasteiger partial charge in [-0.15, -0.1) is 0 Å². The number of rotatable bonds is 2. The quantitative estimate of drug-likeness (QED) is 0.406. The second kappa shape index (κ2) is 1.46. The molecule has 0 aromatic carbocycles. The zero-order chi connectivity index (χ0) is 7.07. The monoisotopic (exact) mass is 131 g/mol.